The number of nitrogens with one attached hydrogen (secondary N) is 1. The molecule has 12 nitrogen and oxygen atoms in total. The molecule has 29 heavy (non-hydrogen) atoms. The zero-order valence-corrected chi connectivity index (χ0v) is 18.6. The number of anilines is 1. The van der Waals surface area contributed by atoms with Gasteiger partial charge in [-0.2, -0.15) is 10.2 Å². The van der Waals surface area contributed by atoms with Crippen LogP contribution in [0.25, 0.3) is 0 Å². The maximum atomic E-state index is 12.6. The van der Waals surface area contributed by atoms with Crippen molar-refractivity contribution in [2.24, 2.45) is 12.0 Å². The van der Waals surface area contributed by atoms with Crippen molar-refractivity contribution in [1.29, 1.82) is 0 Å². The number of guanidine groups is 1. The van der Waals surface area contributed by atoms with Crippen LogP contribution in [0, 0.1) is 10.1 Å². The number of piperazine rings is 1. The summed E-state index contributed by atoms with van der Waals surface area (Å²) in [6.07, 6.45) is 6.08. The number of carbonyl (C=O) groups excluding carboxylic acids is 1. The highest BCUT2D eigenvalue weighted by Gasteiger charge is 2.27. The van der Waals surface area contributed by atoms with E-state index in [-0.39, 0.29) is 42.1 Å². The number of hydrogen-bond donors (Lipinski definition) is 1. The van der Waals surface area contributed by atoms with Crippen LogP contribution >= 0.6 is 24.0 Å². The van der Waals surface area contributed by atoms with Gasteiger partial charge in [0.15, 0.2) is 5.96 Å². The molecule has 13 heteroatoms. The van der Waals surface area contributed by atoms with Crippen molar-refractivity contribution in [3.05, 3.63) is 34.9 Å². The minimum Gasteiger partial charge on any atom is -0.357 e. The van der Waals surface area contributed by atoms with Gasteiger partial charge in [-0.3, -0.25) is 29.3 Å². The average Bonchev–Trinajstić information content (AvgIpc) is 3.30. The summed E-state index contributed by atoms with van der Waals surface area (Å²) in [6.45, 7) is 4.82. The second-order valence-corrected chi connectivity index (χ2v) is 6.29. The van der Waals surface area contributed by atoms with Crippen LogP contribution in [0.3, 0.4) is 0 Å². The Kier molecular flexibility index (Phi) is 7.92. The Morgan fingerprint density at radius 1 is 1.31 bits per heavy atom. The molecule has 1 fully saturated rings. The van der Waals surface area contributed by atoms with Gasteiger partial charge in [-0.15, -0.1) is 24.0 Å². The van der Waals surface area contributed by atoms with Crippen LogP contribution in [0.2, 0.25) is 0 Å². The van der Waals surface area contributed by atoms with Crippen molar-refractivity contribution in [1.82, 2.24) is 29.8 Å². The second-order valence-electron chi connectivity index (χ2n) is 6.29. The number of nitrogens with zero attached hydrogens (tertiary/aromatic N) is 8. The minimum atomic E-state index is -0.482. The number of aromatic nitrogens is 4. The Morgan fingerprint density at radius 3 is 2.69 bits per heavy atom. The number of carbonyl (C=O) groups is 1. The Labute approximate surface area is 184 Å². The van der Waals surface area contributed by atoms with Crippen LogP contribution in [-0.2, 0) is 18.4 Å². The molecule has 0 radical (unpaired) electrons. The van der Waals surface area contributed by atoms with Gasteiger partial charge in [-0.05, 0) is 6.92 Å². The maximum absolute atomic E-state index is 12.6. The first-order valence-corrected chi connectivity index (χ1v) is 8.97. The summed E-state index contributed by atoms with van der Waals surface area (Å²) in [5.74, 6) is 0.621. The number of aliphatic imine (C=N–C) groups is 1. The minimum absolute atomic E-state index is 0. The fourth-order valence-corrected chi connectivity index (χ4v) is 2.93. The highest BCUT2D eigenvalue weighted by Crippen LogP contribution is 2.16. The highest BCUT2D eigenvalue weighted by atomic mass is 127. The lowest BCUT2D eigenvalue weighted by molar-refractivity contribution is -0.385. The SMILES string of the molecule is CCNC(=NCCn1cc([N+](=O)[O-])cn1)N1CCN(c2cnn(C)c2)C(=O)C1.I. The topological polar surface area (TPSA) is 127 Å². The second kappa shape index (κ2) is 10.2. The van der Waals surface area contributed by atoms with Crippen LogP contribution in [0.5, 0.6) is 0 Å². The van der Waals surface area contributed by atoms with E-state index in [4.69, 9.17) is 0 Å². The summed E-state index contributed by atoms with van der Waals surface area (Å²) in [5, 5.41) is 22.0. The first-order valence-electron chi connectivity index (χ1n) is 8.97. The summed E-state index contributed by atoms with van der Waals surface area (Å²) >= 11 is 0. The first-order chi connectivity index (χ1) is 13.5. The van der Waals surface area contributed by atoms with Gasteiger partial charge in [0.25, 0.3) is 0 Å². The molecular formula is C16H24IN9O3. The molecule has 0 aliphatic carbocycles. The van der Waals surface area contributed by atoms with Gasteiger partial charge < -0.3 is 15.1 Å². The lowest BCUT2D eigenvalue weighted by Crippen LogP contribution is -2.55. The molecule has 1 aliphatic rings. The molecular weight excluding hydrogens is 493 g/mol. The largest absolute Gasteiger partial charge is 0.357 e. The lowest BCUT2D eigenvalue weighted by Gasteiger charge is -2.35. The van der Waals surface area contributed by atoms with Crippen LogP contribution in [0.1, 0.15) is 6.92 Å². The van der Waals surface area contributed by atoms with Gasteiger partial charge in [0.2, 0.25) is 5.91 Å². The zero-order chi connectivity index (χ0) is 20.1. The van der Waals surface area contributed by atoms with Gasteiger partial charge in [0.05, 0.1) is 29.9 Å². The molecule has 3 heterocycles. The molecule has 3 rings (SSSR count). The Balaban J connectivity index is 0.00000300. The van der Waals surface area contributed by atoms with E-state index in [0.29, 0.717) is 38.7 Å². The van der Waals surface area contributed by atoms with E-state index in [9.17, 15) is 14.9 Å². The van der Waals surface area contributed by atoms with Gasteiger partial charge in [0, 0.05) is 32.9 Å². The van der Waals surface area contributed by atoms with Crippen LogP contribution in [-0.4, -0.2) is 74.0 Å². The number of halogens is 1. The fourth-order valence-electron chi connectivity index (χ4n) is 2.93. The Bertz CT molecular complexity index is 879. The van der Waals surface area contributed by atoms with Crippen LogP contribution in [0.15, 0.2) is 29.8 Å². The lowest BCUT2D eigenvalue weighted by atomic mass is 10.3. The molecule has 0 unspecified atom stereocenters. The normalized spacial score (nSPS) is 14.7. The van der Waals surface area contributed by atoms with Gasteiger partial charge >= 0.3 is 5.69 Å². The third-order valence-corrected chi connectivity index (χ3v) is 4.28. The molecule has 2 aromatic rings. The first kappa shape index (κ1) is 22.6. The third-order valence-electron chi connectivity index (χ3n) is 4.28. The van der Waals surface area contributed by atoms with Gasteiger partial charge in [-0.25, -0.2) is 0 Å². The molecule has 0 bridgehead atoms. The molecule has 0 aromatic carbocycles. The van der Waals surface area contributed by atoms with Crippen molar-refractivity contribution in [3.8, 4) is 0 Å². The van der Waals surface area contributed by atoms with Crippen molar-refractivity contribution >= 4 is 47.2 Å². The molecule has 0 atom stereocenters. The van der Waals surface area contributed by atoms with E-state index in [1.807, 2.05) is 25.1 Å². The third kappa shape index (κ3) is 5.65. The summed E-state index contributed by atoms with van der Waals surface area (Å²) in [7, 11) is 1.81. The van der Waals surface area contributed by atoms with Gasteiger partial charge in [0.1, 0.15) is 18.9 Å². The molecule has 0 saturated carbocycles. The number of aryl methyl sites for hydroxylation is 1. The summed E-state index contributed by atoms with van der Waals surface area (Å²) in [5.41, 5.74) is 0.738. The fraction of sp³-hybridized carbons (Fsp3) is 0.500. The summed E-state index contributed by atoms with van der Waals surface area (Å²) in [4.78, 5) is 31.0. The number of nitro groups is 1. The van der Waals surface area contributed by atoms with E-state index >= 15 is 0 Å². The predicted molar refractivity (Wildman–Crippen MR) is 117 cm³/mol. The molecule has 158 valence electrons. The van der Waals surface area contributed by atoms with E-state index in [1.165, 1.54) is 17.1 Å². The molecule has 0 spiro atoms. The average molecular weight is 517 g/mol. The highest BCUT2D eigenvalue weighted by molar-refractivity contribution is 14.0. The molecule has 2 aromatic heterocycles. The van der Waals surface area contributed by atoms with Crippen LogP contribution < -0.4 is 10.2 Å². The van der Waals surface area contributed by atoms with E-state index in [0.717, 1.165) is 5.69 Å². The zero-order valence-electron chi connectivity index (χ0n) is 16.3. The van der Waals surface area contributed by atoms with Crippen molar-refractivity contribution < 1.29 is 9.72 Å². The molecule has 1 amide bonds. The summed E-state index contributed by atoms with van der Waals surface area (Å²) in [6, 6.07) is 0. The van der Waals surface area contributed by atoms with E-state index in [2.05, 4.69) is 20.5 Å². The van der Waals surface area contributed by atoms with Crippen molar-refractivity contribution in [2.75, 3.05) is 37.6 Å². The number of amides is 1. The monoisotopic (exact) mass is 517 g/mol. The van der Waals surface area contributed by atoms with E-state index < -0.39 is 4.92 Å². The van der Waals surface area contributed by atoms with Gasteiger partial charge in [-0.1, -0.05) is 0 Å². The molecule has 1 saturated heterocycles. The van der Waals surface area contributed by atoms with Crippen molar-refractivity contribution in [3.63, 3.8) is 0 Å². The van der Waals surface area contributed by atoms with E-state index in [1.54, 1.807) is 15.8 Å². The predicted octanol–water partition coefficient (Wildman–Crippen LogP) is 0.457. The molecule has 1 aliphatic heterocycles. The number of rotatable bonds is 6. The quantitative estimate of drug-likeness (QED) is 0.194. The Hall–Kier alpha value is -2.71. The van der Waals surface area contributed by atoms with Crippen LogP contribution in [0.4, 0.5) is 11.4 Å². The maximum Gasteiger partial charge on any atom is 0.306 e. The summed E-state index contributed by atoms with van der Waals surface area (Å²) < 4.78 is 3.15. The molecule has 1 N–H and O–H groups in total. The number of hydrogen-bond acceptors (Lipinski definition) is 6. The smallest absolute Gasteiger partial charge is 0.306 e. The Morgan fingerprint density at radius 2 is 2.10 bits per heavy atom. The van der Waals surface area contributed by atoms with Crippen molar-refractivity contribution in [2.45, 2.75) is 13.5 Å². The standard InChI is InChI=1S/C16H23N9O3.HI/c1-3-17-16(18-4-5-23-11-14(9-20-23)25(27)28)22-6-7-24(15(26)12-22)13-8-19-21(2)10-13;/h8-11H,3-7,12H2,1-2H3,(H,17,18);1H.